The Bertz CT molecular complexity index is 244. The summed E-state index contributed by atoms with van der Waals surface area (Å²) in [6, 6.07) is 0.130. The summed E-state index contributed by atoms with van der Waals surface area (Å²) in [7, 11) is 1.86. The van der Waals surface area contributed by atoms with Gasteiger partial charge in [-0.1, -0.05) is 13.8 Å². The summed E-state index contributed by atoms with van der Waals surface area (Å²) in [5, 5.41) is 10.9. The Balaban J connectivity index is 2.77. The third-order valence-electron chi connectivity index (χ3n) is 1.75. The minimum atomic E-state index is 0.130. The van der Waals surface area contributed by atoms with Crippen molar-refractivity contribution < 1.29 is 4.42 Å². The lowest BCUT2D eigenvalue weighted by atomic mass is 10.2. The smallest absolute Gasteiger partial charge is 0.233 e. The normalized spacial score (nSPS) is 13.8. The van der Waals surface area contributed by atoms with E-state index in [9.17, 15) is 0 Å². The van der Waals surface area contributed by atoms with Crippen LogP contribution >= 0.6 is 0 Å². The van der Waals surface area contributed by atoms with Gasteiger partial charge in [0.05, 0.1) is 6.04 Å². The van der Waals surface area contributed by atoms with Gasteiger partial charge in [-0.2, -0.15) is 0 Å². The van der Waals surface area contributed by atoms with E-state index in [0.29, 0.717) is 17.7 Å². The molecule has 1 atom stereocenters. The van der Waals surface area contributed by atoms with Crippen LogP contribution in [0.2, 0.25) is 0 Å². The average Bonchev–Trinajstić information content (AvgIpc) is 2.51. The number of aromatic nitrogens is 2. The van der Waals surface area contributed by atoms with Crippen molar-refractivity contribution in [1.29, 1.82) is 0 Å². The van der Waals surface area contributed by atoms with E-state index < -0.39 is 0 Å². The van der Waals surface area contributed by atoms with E-state index in [1.165, 1.54) is 0 Å². The number of rotatable bonds is 3. The van der Waals surface area contributed by atoms with Gasteiger partial charge in [0.15, 0.2) is 0 Å². The predicted octanol–water partition coefficient (Wildman–Crippen LogP) is 1.47. The third kappa shape index (κ3) is 1.82. The van der Waals surface area contributed by atoms with Crippen LogP contribution in [0.5, 0.6) is 0 Å². The largest absolute Gasteiger partial charge is 0.423 e. The van der Waals surface area contributed by atoms with Crippen molar-refractivity contribution in [3.05, 3.63) is 11.8 Å². The van der Waals surface area contributed by atoms with Gasteiger partial charge in [0.1, 0.15) is 0 Å². The SMILES string of the molecule is CNC(C)c1nnc(C(C)C)o1. The molecule has 0 radical (unpaired) electrons. The first-order valence-corrected chi connectivity index (χ1v) is 4.15. The van der Waals surface area contributed by atoms with E-state index in [0.717, 1.165) is 0 Å². The Hall–Kier alpha value is -0.900. The molecule has 0 fully saturated rings. The van der Waals surface area contributed by atoms with Crippen LogP contribution in [-0.2, 0) is 0 Å². The van der Waals surface area contributed by atoms with Crippen molar-refractivity contribution in [3.8, 4) is 0 Å². The van der Waals surface area contributed by atoms with E-state index in [4.69, 9.17) is 4.42 Å². The Morgan fingerprint density at radius 2 is 1.75 bits per heavy atom. The zero-order chi connectivity index (χ0) is 9.14. The molecule has 0 aromatic carbocycles. The van der Waals surface area contributed by atoms with Crippen LogP contribution in [0, 0.1) is 0 Å². The molecule has 1 aromatic heterocycles. The summed E-state index contributed by atoms with van der Waals surface area (Å²) < 4.78 is 5.41. The van der Waals surface area contributed by atoms with Crippen LogP contribution < -0.4 is 5.32 Å². The van der Waals surface area contributed by atoms with Gasteiger partial charge in [0, 0.05) is 5.92 Å². The fraction of sp³-hybridized carbons (Fsp3) is 0.750. The molecule has 1 heterocycles. The molecule has 0 bridgehead atoms. The third-order valence-corrected chi connectivity index (χ3v) is 1.75. The molecule has 1 N–H and O–H groups in total. The van der Waals surface area contributed by atoms with Gasteiger partial charge in [0.2, 0.25) is 11.8 Å². The second-order valence-electron chi connectivity index (χ2n) is 3.14. The fourth-order valence-corrected chi connectivity index (χ4v) is 0.778. The summed E-state index contributed by atoms with van der Waals surface area (Å²) >= 11 is 0. The molecule has 1 rings (SSSR count). The molecule has 12 heavy (non-hydrogen) atoms. The first-order chi connectivity index (χ1) is 5.65. The van der Waals surface area contributed by atoms with Gasteiger partial charge in [0.25, 0.3) is 0 Å². The number of hydrogen-bond acceptors (Lipinski definition) is 4. The van der Waals surface area contributed by atoms with Gasteiger partial charge in [-0.3, -0.25) is 0 Å². The molecule has 68 valence electrons. The molecule has 0 aliphatic rings. The Morgan fingerprint density at radius 3 is 2.17 bits per heavy atom. The maximum absolute atomic E-state index is 5.41. The van der Waals surface area contributed by atoms with Gasteiger partial charge >= 0.3 is 0 Å². The van der Waals surface area contributed by atoms with Crippen LogP contribution in [0.4, 0.5) is 0 Å². The summed E-state index contributed by atoms with van der Waals surface area (Å²) in [5.41, 5.74) is 0. The maximum atomic E-state index is 5.41. The van der Waals surface area contributed by atoms with Crippen molar-refractivity contribution in [3.63, 3.8) is 0 Å². The molecule has 4 nitrogen and oxygen atoms in total. The standard InChI is InChI=1S/C8H15N3O/c1-5(2)7-10-11-8(12-7)6(3)9-4/h5-6,9H,1-4H3. The van der Waals surface area contributed by atoms with Crippen LogP contribution in [-0.4, -0.2) is 17.2 Å². The highest BCUT2D eigenvalue weighted by Gasteiger charge is 2.13. The minimum Gasteiger partial charge on any atom is -0.423 e. The highest BCUT2D eigenvalue weighted by Crippen LogP contribution is 2.15. The zero-order valence-electron chi connectivity index (χ0n) is 7.96. The van der Waals surface area contributed by atoms with Crippen molar-refractivity contribution in [2.24, 2.45) is 0 Å². The fourth-order valence-electron chi connectivity index (χ4n) is 0.778. The molecule has 1 unspecified atom stereocenters. The maximum Gasteiger partial charge on any atom is 0.233 e. The number of hydrogen-bond donors (Lipinski definition) is 1. The molecule has 0 amide bonds. The molecular weight excluding hydrogens is 154 g/mol. The lowest BCUT2D eigenvalue weighted by molar-refractivity contribution is 0.394. The van der Waals surface area contributed by atoms with Gasteiger partial charge in [-0.05, 0) is 14.0 Å². The number of nitrogens with zero attached hydrogens (tertiary/aromatic N) is 2. The van der Waals surface area contributed by atoms with Crippen LogP contribution in [0.1, 0.15) is 44.5 Å². The highest BCUT2D eigenvalue weighted by atomic mass is 16.4. The molecule has 0 saturated heterocycles. The van der Waals surface area contributed by atoms with Gasteiger partial charge in [-0.15, -0.1) is 10.2 Å². The van der Waals surface area contributed by atoms with E-state index in [-0.39, 0.29) is 6.04 Å². The molecule has 0 spiro atoms. The zero-order valence-corrected chi connectivity index (χ0v) is 7.96. The van der Waals surface area contributed by atoms with Crippen molar-refractivity contribution >= 4 is 0 Å². The molecule has 0 aliphatic carbocycles. The van der Waals surface area contributed by atoms with Crippen LogP contribution in [0.3, 0.4) is 0 Å². The minimum absolute atomic E-state index is 0.130. The van der Waals surface area contributed by atoms with Gasteiger partial charge in [-0.25, -0.2) is 0 Å². The quantitative estimate of drug-likeness (QED) is 0.744. The van der Waals surface area contributed by atoms with Crippen molar-refractivity contribution in [2.45, 2.75) is 32.7 Å². The summed E-state index contributed by atoms with van der Waals surface area (Å²) in [6.45, 7) is 6.04. The summed E-state index contributed by atoms with van der Waals surface area (Å²) in [5.74, 6) is 1.66. The van der Waals surface area contributed by atoms with E-state index in [2.05, 4.69) is 15.5 Å². The Kier molecular flexibility index (Phi) is 2.81. The Labute approximate surface area is 72.4 Å². The van der Waals surface area contributed by atoms with Crippen LogP contribution in [0.15, 0.2) is 4.42 Å². The second kappa shape index (κ2) is 3.67. The lowest BCUT2D eigenvalue weighted by Crippen LogP contribution is -2.12. The van der Waals surface area contributed by atoms with Crippen LogP contribution in [0.25, 0.3) is 0 Å². The summed E-state index contributed by atoms with van der Waals surface area (Å²) in [6.07, 6.45) is 0. The van der Waals surface area contributed by atoms with E-state index in [1.54, 1.807) is 0 Å². The average molecular weight is 169 g/mol. The first kappa shape index (κ1) is 9.19. The van der Waals surface area contributed by atoms with Crippen molar-refractivity contribution in [2.75, 3.05) is 7.05 Å². The molecule has 4 heteroatoms. The monoisotopic (exact) mass is 169 g/mol. The highest BCUT2D eigenvalue weighted by molar-refractivity contribution is 4.90. The second-order valence-corrected chi connectivity index (χ2v) is 3.14. The number of nitrogens with one attached hydrogen (secondary N) is 1. The Morgan fingerprint density at radius 1 is 1.17 bits per heavy atom. The molecule has 0 saturated carbocycles. The summed E-state index contributed by atoms with van der Waals surface area (Å²) in [4.78, 5) is 0. The molecular formula is C8H15N3O. The lowest BCUT2D eigenvalue weighted by Gasteiger charge is -2.02. The van der Waals surface area contributed by atoms with E-state index >= 15 is 0 Å². The van der Waals surface area contributed by atoms with Gasteiger partial charge < -0.3 is 9.73 Å². The topological polar surface area (TPSA) is 51.0 Å². The first-order valence-electron chi connectivity index (χ1n) is 4.15. The molecule has 0 aliphatic heterocycles. The predicted molar refractivity (Wildman–Crippen MR) is 45.9 cm³/mol. The van der Waals surface area contributed by atoms with Crippen molar-refractivity contribution in [1.82, 2.24) is 15.5 Å². The molecule has 1 aromatic rings. The van der Waals surface area contributed by atoms with E-state index in [1.807, 2.05) is 27.8 Å².